The zero-order chi connectivity index (χ0) is 21.0. The van der Waals surface area contributed by atoms with Crippen molar-refractivity contribution in [3.05, 3.63) is 68.5 Å². The van der Waals surface area contributed by atoms with Crippen LogP contribution in [-0.2, 0) is 16.2 Å². The minimum atomic E-state index is -1.27. The third-order valence-electron chi connectivity index (χ3n) is 3.95. The maximum Gasteiger partial charge on any atom is 0.323 e. The van der Waals surface area contributed by atoms with Crippen LogP contribution in [0.3, 0.4) is 0 Å². The quantitative estimate of drug-likeness (QED) is 0.632. The average molecular weight is 473 g/mol. The van der Waals surface area contributed by atoms with Crippen LogP contribution in [0.15, 0.2) is 51.8 Å². The normalized spacial score (nSPS) is 14.9. The molecule has 1 aliphatic heterocycles. The summed E-state index contributed by atoms with van der Waals surface area (Å²) >= 11 is 4.04. The summed E-state index contributed by atoms with van der Waals surface area (Å²) < 4.78 is 6.59. The molecule has 7 nitrogen and oxygen atoms in total. The lowest BCUT2D eigenvalue weighted by Gasteiger charge is -2.11. The summed E-state index contributed by atoms with van der Waals surface area (Å²) in [4.78, 5) is 36.0. The van der Waals surface area contributed by atoms with Crippen LogP contribution < -0.4 is 4.74 Å². The van der Waals surface area contributed by atoms with Gasteiger partial charge in [0, 0.05) is 15.6 Å². The Morgan fingerprint density at radius 2 is 2.03 bits per heavy atom. The van der Waals surface area contributed by atoms with E-state index in [9.17, 15) is 19.6 Å². The summed E-state index contributed by atoms with van der Waals surface area (Å²) in [7, 11) is 0. The summed E-state index contributed by atoms with van der Waals surface area (Å²) in [5.74, 6) is -1.48. The Bertz CT molecular complexity index is 1080. The molecule has 1 aliphatic rings. The number of carboxylic acids is 1. The molecule has 1 saturated heterocycles. The van der Waals surface area contributed by atoms with Gasteiger partial charge in [-0.15, -0.1) is 0 Å². The van der Waals surface area contributed by atoms with Gasteiger partial charge in [0.05, 0.1) is 16.5 Å². The van der Waals surface area contributed by atoms with Crippen molar-refractivity contribution in [1.29, 1.82) is 5.26 Å². The van der Waals surface area contributed by atoms with Gasteiger partial charge in [-0.05, 0) is 42.1 Å². The van der Waals surface area contributed by atoms with E-state index in [1.54, 1.807) is 42.5 Å². The minimum absolute atomic E-state index is 0.108. The Hall–Kier alpha value is -3.09. The molecule has 0 bridgehead atoms. The summed E-state index contributed by atoms with van der Waals surface area (Å²) in [5, 5.41) is 17.4. The SMILES string of the molecule is N#Cc1ccccc1COc1ccc(Br)cc1/C=C1\SC(=O)N(CC(=O)O)C1=O. The number of amides is 2. The molecule has 1 fully saturated rings. The first-order chi connectivity index (χ1) is 13.9. The van der Waals surface area contributed by atoms with Crippen LogP contribution in [0, 0.1) is 11.3 Å². The standard InChI is InChI=1S/C20H13BrN2O5S/c21-15-5-6-16(28-11-13-4-2-1-3-12(13)9-22)14(7-15)8-17-19(26)23(10-18(24)25)20(27)29-17/h1-8H,10-11H2,(H,24,25)/b17-8-. The largest absolute Gasteiger partial charge is 0.488 e. The Kier molecular flexibility index (Phi) is 6.36. The fourth-order valence-electron chi connectivity index (χ4n) is 2.59. The van der Waals surface area contributed by atoms with E-state index < -0.39 is 23.7 Å². The molecule has 1 N–H and O–H groups in total. The predicted octanol–water partition coefficient (Wildman–Crippen LogP) is 4.02. The Balaban J connectivity index is 1.87. The van der Waals surface area contributed by atoms with Crippen LogP contribution in [0.25, 0.3) is 6.08 Å². The van der Waals surface area contributed by atoms with Gasteiger partial charge in [-0.1, -0.05) is 34.1 Å². The van der Waals surface area contributed by atoms with E-state index in [0.29, 0.717) is 39.1 Å². The van der Waals surface area contributed by atoms with Gasteiger partial charge in [-0.3, -0.25) is 19.3 Å². The third-order valence-corrected chi connectivity index (χ3v) is 5.35. The first kappa shape index (κ1) is 20.6. The molecule has 0 saturated carbocycles. The summed E-state index contributed by atoms with van der Waals surface area (Å²) in [6.07, 6.45) is 1.49. The molecule has 29 heavy (non-hydrogen) atoms. The third kappa shape index (κ3) is 4.85. The Morgan fingerprint density at radius 3 is 2.76 bits per heavy atom. The zero-order valence-corrected chi connectivity index (χ0v) is 17.2. The van der Waals surface area contributed by atoms with Gasteiger partial charge in [0.25, 0.3) is 11.1 Å². The molecule has 1 heterocycles. The maximum atomic E-state index is 12.4. The topological polar surface area (TPSA) is 108 Å². The van der Waals surface area contributed by atoms with Gasteiger partial charge in [0.2, 0.25) is 0 Å². The molecular weight excluding hydrogens is 460 g/mol. The maximum absolute atomic E-state index is 12.4. The van der Waals surface area contributed by atoms with Crippen LogP contribution in [0.4, 0.5) is 4.79 Å². The smallest absolute Gasteiger partial charge is 0.323 e. The number of thioether (sulfide) groups is 1. The lowest BCUT2D eigenvalue weighted by atomic mass is 10.1. The monoisotopic (exact) mass is 472 g/mol. The molecule has 2 amide bonds. The number of aliphatic carboxylic acids is 1. The van der Waals surface area contributed by atoms with Crippen LogP contribution in [0.2, 0.25) is 0 Å². The first-order valence-electron chi connectivity index (χ1n) is 8.26. The molecule has 2 aromatic carbocycles. The second kappa shape index (κ2) is 8.94. The molecule has 0 aliphatic carbocycles. The molecule has 0 aromatic heterocycles. The minimum Gasteiger partial charge on any atom is -0.488 e. The van der Waals surface area contributed by atoms with E-state index in [2.05, 4.69) is 22.0 Å². The van der Waals surface area contributed by atoms with Crippen molar-refractivity contribution in [3.8, 4) is 11.8 Å². The highest BCUT2D eigenvalue weighted by Crippen LogP contribution is 2.35. The van der Waals surface area contributed by atoms with Gasteiger partial charge in [-0.25, -0.2) is 0 Å². The van der Waals surface area contributed by atoms with Crippen LogP contribution in [-0.4, -0.2) is 33.7 Å². The zero-order valence-electron chi connectivity index (χ0n) is 14.8. The number of halogens is 1. The number of rotatable bonds is 6. The van der Waals surface area contributed by atoms with Gasteiger partial charge in [-0.2, -0.15) is 5.26 Å². The van der Waals surface area contributed by atoms with Crippen molar-refractivity contribution in [2.75, 3.05) is 6.54 Å². The number of ether oxygens (including phenoxy) is 1. The highest BCUT2D eigenvalue weighted by Gasteiger charge is 2.36. The van der Waals surface area contributed by atoms with Crippen molar-refractivity contribution >= 4 is 50.9 Å². The molecule has 3 rings (SSSR count). The second-order valence-electron chi connectivity index (χ2n) is 5.90. The molecule has 0 radical (unpaired) electrons. The molecule has 0 atom stereocenters. The molecular formula is C20H13BrN2O5S. The fraction of sp³-hybridized carbons (Fsp3) is 0.100. The van der Waals surface area contributed by atoms with Crippen LogP contribution in [0.1, 0.15) is 16.7 Å². The van der Waals surface area contributed by atoms with Crippen molar-refractivity contribution in [2.45, 2.75) is 6.61 Å². The van der Waals surface area contributed by atoms with Crippen molar-refractivity contribution in [2.24, 2.45) is 0 Å². The Morgan fingerprint density at radius 1 is 1.28 bits per heavy atom. The number of carbonyl (C=O) groups is 3. The average Bonchev–Trinajstić information content (AvgIpc) is 2.94. The predicted molar refractivity (Wildman–Crippen MR) is 110 cm³/mol. The van der Waals surface area contributed by atoms with E-state index in [1.807, 2.05) is 0 Å². The number of imide groups is 1. The summed E-state index contributed by atoms with van der Waals surface area (Å²) in [5.41, 5.74) is 1.75. The first-order valence-corrected chi connectivity index (χ1v) is 9.87. The van der Waals surface area contributed by atoms with Crippen LogP contribution in [0.5, 0.6) is 5.75 Å². The Labute approximate surface area is 178 Å². The number of hydrogen-bond donors (Lipinski definition) is 1. The van der Waals surface area contributed by atoms with Crippen molar-refractivity contribution < 1.29 is 24.2 Å². The molecule has 0 spiro atoms. The van der Waals surface area contributed by atoms with E-state index in [0.717, 1.165) is 4.47 Å². The lowest BCUT2D eigenvalue weighted by Crippen LogP contribution is -2.33. The fourth-order valence-corrected chi connectivity index (χ4v) is 3.80. The number of nitriles is 1. The highest BCUT2D eigenvalue weighted by molar-refractivity contribution is 9.10. The number of nitrogens with zero attached hydrogens (tertiary/aromatic N) is 2. The number of hydrogen-bond acceptors (Lipinski definition) is 6. The van der Waals surface area contributed by atoms with E-state index in [4.69, 9.17) is 9.84 Å². The van der Waals surface area contributed by atoms with Crippen LogP contribution >= 0.6 is 27.7 Å². The highest BCUT2D eigenvalue weighted by atomic mass is 79.9. The number of carbonyl (C=O) groups excluding carboxylic acids is 2. The van der Waals surface area contributed by atoms with E-state index >= 15 is 0 Å². The molecule has 2 aromatic rings. The molecule has 9 heteroatoms. The number of benzene rings is 2. The van der Waals surface area contributed by atoms with Gasteiger partial charge in [0.1, 0.15) is 18.9 Å². The van der Waals surface area contributed by atoms with Gasteiger partial charge in [0.15, 0.2) is 0 Å². The van der Waals surface area contributed by atoms with Crippen molar-refractivity contribution in [1.82, 2.24) is 4.90 Å². The summed E-state index contributed by atoms with van der Waals surface area (Å²) in [6.45, 7) is -0.540. The lowest BCUT2D eigenvalue weighted by molar-refractivity contribution is -0.140. The van der Waals surface area contributed by atoms with Gasteiger partial charge < -0.3 is 9.84 Å². The molecule has 146 valence electrons. The number of carboxylic acid groups (broad SMARTS) is 1. The van der Waals surface area contributed by atoms with Crippen molar-refractivity contribution in [3.63, 3.8) is 0 Å². The van der Waals surface area contributed by atoms with E-state index in [-0.39, 0.29) is 11.5 Å². The molecule has 0 unspecified atom stereocenters. The van der Waals surface area contributed by atoms with E-state index in [1.165, 1.54) is 6.08 Å². The summed E-state index contributed by atoms with van der Waals surface area (Å²) in [6, 6.07) is 14.3. The van der Waals surface area contributed by atoms with Gasteiger partial charge >= 0.3 is 5.97 Å². The second-order valence-corrected chi connectivity index (χ2v) is 7.81.